The van der Waals surface area contributed by atoms with Crippen LogP contribution in [0.1, 0.15) is 9.67 Å². The normalized spacial score (nSPS) is 10.9. The highest BCUT2D eigenvalue weighted by Gasteiger charge is 2.12. The standard InChI is InChI=1S/C12H8ClN3O2S2/c1-18-6-2-3-7-8(4-6)15-11(14-7)20-12-16-10(13)9(5-17)19-12/h2-5H,1H3,(H,14,15). The number of nitrogens with zero attached hydrogens (tertiary/aromatic N) is 2. The minimum absolute atomic E-state index is 0.227. The maximum atomic E-state index is 10.7. The van der Waals surface area contributed by atoms with Crippen molar-refractivity contribution in [1.82, 2.24) is 15.0 Å². The molecule has 1 aromatic carbocycles. The second-order valence-electron chi connectivity index (χ2n) is 3.78. The Morgan fingerprint density at radius 1 is 1.45 bits per heavy atom. The molecule has 102 valence electrons. The predicted octanol–water partition coefficient (Wildman–Crippen LogP) is 3.65. The Hall–Kier alpha value is -1.57. The summed E-state index contributed by atoms with van der Waals surface area (Å²) < 4.78 is 5.83. The van der Waals surface area contributed by atoms with Crippen LogP contribution in [0, 0.1) is 0 Å². The first kappa shape index (κ1) is 13.4. The number of carbonyl (C=O) groups excluding carboxylic acids is 1. The zero-order valence-corrected chi connectivity index (χ0v) is 12.6. The zero-order valence-electron chi connectivity index (χ0n) is 10.2. The number of thiazole rings is 1. The van der Waals surface area contributed by atoms with Crippen LogP contribution in [0.2, 0.25) is 5.15 Å². The molecule has 20 heavy (non-hydrogen) atoms. The molecule has 0 bridgehead atoms. The molecule has 0 saturated heterocycles. The van der Waals surface area contributed by atoms with E-state index >= 15 is 0 Å². The molecule has 0 atom stereocenters. The van der Waals surface area contributed by atoms with Crippen molar-refractivity contribution in [3.8, 4) is 5.75 Å². The van der Waals surface area contributed by atoms with Gasteiger partial charge >= 0.3 is 0 Å². The number of hydrogen-bond acceptors (Lipinski definition) is 6. The molecule has 2 aromatic heterocycles. The molecule has 8 heteroatoms. The van der Waals surface area contributed by atoms with Crippen LogP contribution in [-0.4, -0.2) is 28.3 Å². The van der Waals surface area contributed by atoms with Gasteiger partial charge in [0.15, 0.2) is 20.9 Å². The SMILES string of the molecule is COc1ccc2nc(Sc3nc(Cl)c(C=O)s3)[nH]c2c1. The summed E-state index contributed by atoms with van der Waals surface area (Å²) in [4.78, 5) is 22.9. The number of rotatable bonds is 4. The summed E-state index contributed by atoms with van der Waals surface area (Å²) in [5.41, 5.74) is 1.72. The van der Waals surface area contributed by atoms with E-state index < -0.39 is 0 Å². The van der Waals surface area contributed by atoms with Gasteiger partial charge in [-0.05, 0) is 23.9 Å². The van der Waals surface area contributed by atoms with E-state index in [1.54, 1.807) is 7.11 Å². The molecule has 0 fully saturated rings. The van der Waals surface area contributed by atoms with Gasteiger partial charge in [-0.2, -0.15) is 0 Å². The van der Waals surface area contributed by atoms with Crippen LogP contribution >= 0.6 is 34.7 Å². The number of halogens is 1. The average Bonchev–Trinajstić information content (AvgIpc) is 3.00. The Labute approximate surface area is 127 Å². The van der Waals surface area contributed by atoms with Gasteiger partial charge in [0.2, 0.25) is 0 Å². The van der Waals surface area contributed by atoms with Crippen molar-refractivity contribution in [2.75, 3.05) is 7.11 Å². The van der Waals surface area contributed by atoms with E-state index in [0.29, 0.717) is 20.7 Å². The van der Waals surface area contributed by atoms with E-state index in [2.05, 4.69) is 15.0 Å². The number of carbonyl (C=O) groups is 1. The first-order chi connectivity index (χ1) is 9.69. The molecule has 0 aliphatic rings. The molecule has 0 saturated carbocycles. The fourth-order valence-corrected chi connectivity index (χ4v) is 3.76. The first-order valence-electron chi connectivity index (χ1n) is 5.52. The quantitative estimate of drug-likeness (QED) is 0.742. The van der Waals surface area contributed by atoms with Crippen molar-refractivity contribution in [2.45, 2.75) is 9.50 Å². The summed E-state index contributed by atoms with van der Waals surface area (Å²) in [6, 6.07) is 5.60. The number of fused-ring (bicyclic) bond motifs is 1. The van der Waals surface area contributed by atoms with Crippen LogP contribution in [0.15, 0.2) is 27.7 Å². The molecule has 5 nitrogen and oxygen atoms in total. The van der Waals surface area contributed by atoms with Crippen molar-refractivity contribution < 1.29 is 9.53 Å². The highest BCUT2D eigenvalue weighted by Crippen LogP contribution is 2.34. The number of aromatic nitrogens is 3. The topological polar surface area (TPSA) is 67.9 Å². The summed E-state index contributed by atoms with van der Waals surface area (Å²) in [6.45, 7) is 0. The number of imidazole rings is 1. The van der Waals surface area contributed by atoms with E-state index in [-0.39, 0.29) is 5.15 Å². The molecule has 0 amide bonds. The number of methoxy groups -OCH3 is 1. The Balaban J connectivity index is 1.91. The maximum absolute atomic E-state index is 10.7. The van der Waals surface area contributed by atoms with Gasteiger partial charge in [0, 0.05) is 6.07 Å². The van der Waals surface area contributed by atoms with Gasteiger partial charge in [-0.1, -0.05) is 11.6 Å². The molecule has 1 N–H and O–H groups in total. The minimum Gasteiger partial charge on any atom is -0.497 e. The van der Waals surface area contributed by atoms with Gasteiger partial charge in [0.25, 0.3) is 0 Å². The molecule has 2 heterocycles. The molecule has 3 aromatic rings. The third kappa shape index (κ3) is 2.52. The second-order valence-corrected chi connectivity index (χ2v) is 6.40. The summed E-state index contributed by atoms with van der Waals surface area (Å²) in [7, 11) is 1.62. The van der Waals surface area contributed by atoms with E-state index in [9.17, 15) is 4.79 Å². The number of ether oxygens (including phenoxy) is 1. The number of benzene rings is 1. The molecule has 0 radical (unpaired) electrons. The Morgan fingerprint density at radius 2 is 2.30 bits per heavy atom. The number of H-pyrrole nitrogens is 1. The highest BCUT2D eigenvalue weighted by molar-refractivity contribution is 8.00. The van der Waals surface area contributed by atoms with Crippen LogP contribution in [0.5, 0.6) is 5.75 Å². The monoisotopic (exact) mass is 325 g/mol. The third-order valence-corrected chi connectivity index (χ3v) is 4.88. The number of aromatic amines is 1. The van der Waals surface area contributed by atoms with Crippen molar-refractivity contribution in [3.05, 3.63) is 28.2 Å². The summed E-state index contributed by atoms with van der Waals surface area (Å²) >= 11 is 8.41. The van der Waals surface area contributed by atoms with Gasteiger partial charge < -0.3 is 9.72 Å². The summed E-state index contributed by atoms with van der Waals surface area (Å²) in [5, 5.41) is 0.918. The van der Waals surface area contributed by atoms with Gasteiger partial charge in [-0.25, -0.2) is 9.97 Å². The first-order valence-corrected chi connectivity index (χ1v) is 7.54. The van der Waals surface area contributed by atoms with Crippen molar-refractivity contribution >= 4 is 52.0 Å². The molecule has 0 unspecified atom stereocenters. The number of aldehydes is 1. The number of hydrogen-bond donors (Lipinski definition) is 1. The Morgan fingerprint density at radius 3 is 3.00 bits per heavy atom. The lowest BCUT2D eigenvalue weighted by atomic mass is 10.3. The molecule has 0 spiro atoms. The predicted molar refractivity (Wildman–Crippen MR) is 79.3 cm³/mol. The lowest BCUT2D eigenvalue weighted by molar-refractivity contribution is 0.112. The molecular weight excluding hydrogens is 318 g/mol. The fourth-order valence-electron chi connectivity index (χ4n) is 1.63. The van der Waals surface area contributed by atoms with E-state index in [1.165, 1.54) is 23.1 Å². The lowest BCUT2D eigenvalue weighted by Gasteiger charge is -1.96. The van der Waals surface area contributed by atoms with Gasteiger partial charge in [-0.15, -0.1) is 11.3 Å². The van der Waals surface area contributed by atoms with Crippen LogP contribution in [0.4, 0.5) is 0 Å². The Bertz CT molecular complexity index is 784. The molecule has 3 rings (SSSR count). The van der Waals surface area contributed by atoms with E-state index in [4.69, 9.17) is 16.3 Å². The fraction of sp³-hybridized carbons (Fsp3) is 0.0833. The maximum Gasteiger partial charge on any atom is 0.173 e. The molecular formula is C12H8ClN3O2S2. The van der Waals surface area contributed by atoms with Crippen molar-refractivity contribution in [2.24, 2.45) is 0 Å². The van der Waals surface area contributed by atoms with Crippen LogP contribution < -0.4 is 4.74 Å². The smallest absolute Gasteiger partial charge is 0.173 e. The lowest BCUT2D eigenvalue weighted by Crippen LogP contribution is -1.81. The van der Waals surface area contributed by atoms with Crippen molar-refractivity contribution in [3.63, 3.8) is 0 Å². The molecule has 0 aliphatic carbocycles. The van der Waals surface area contributed by atoms with Gasteiger partial charge in [0.1, 0.15) is 10.6 Å². The Kier molecular flexibility index (Phi) is 3.64. The van der Waals surface area contributed by atoms with Crippen molar-refractivity contribution in [1.29, 1.82) is 0 Å². The van der Waals surface area contributed by atoms with Crippen LogP contribution in [0.3, 0.4) is 0 Å². The average molecular weight is 326 g/mol. The largest absolute Gasteiger partial charge is 0.497 e. The van der Waals surface area contributed by atoms with Gasteiger partial charge in [0.05, 0.1) is 18.1 Å². The van der Waals surface area contributed by atoms with E-state index in [0.717, 1.165) is 16.8 Å². The van der Waals surface area contributed by atoms with Crippen LogP contribution in [0.25, 0.3) is 11.0 Å². The van der Waals surface area contributed by atoms with Gasteiger partial charge in [-0.3, -0.25) is 4.79 Å². The molecule has 0 aliphatic heterocycles. The number of nitrogens with one attached hydrogen (secondary N) is 1. The zero-order chi connectivity index (χ0) is 14.1. The minimum atomic E-state index is 0.227. The van der Waals surface area contributed by atoms with Crippen LogP contribution in [-0.2, 0) is 0 Å². The third-order valence-electron chi connectivity index (χ3n) is 2.55. The van der Waals surface area contributed by atoms with E-state index in [1.807, 2.05) is 18.2 Å². The summed E-state index contributed by atoms with van der Waals surface area (Å²) in [6.07, 6.45) is 0.702. The highest BCUT2D eigenvalue weighted by atomic mass is 35.5. The summed E-state index contributed by atoms with van der Waals surface area (Å²) in [5.74, 6) is 0.762. The second kappa shape index (κ2) is 5.43.